The van der Waals surface area contributed by atoms with Crippen molar-refractivity contribution >= 4 is 11.6 Å². The highest BCUT2D eigenvalue weighted by Crippen LogP contribution is 2.26. The molecule has 19 heavy (non-hydrogen) atoms. The summed E-state index contributed by atoms with van der Waals surface area (Å²) in [5.41, 5.74) is 2.34. The molecule has 3 rings (SSSR count). The Labute approximate surface area is 113 Å². The number of carbonyl (C=O) groups excluding carboxylic acids is 1. The van der Waals surface area contributed by atoms with E-state index in [1.807, 2.05) is 30.1 Å². The number of anilines is 1. The summed E-state index contributed by atoms with van der Waals surface area (Å²) in [5.74, 6) is 0.197. The highest BCUT2D eigenvalue weighted by molar-refractivity contribution is 5.87. The average molecular weight is 260 g/mol. The molecule has 0 radical (unpaired) electrons. The van der Waals surface area contributed by atoms with Gasteiger partial charge in [0.1, 0.15) is 6.04 Å². The summed E-state index contributed by atoms with van der Waals surface area (Å²) < 4.78 is 5.35. The van der Waals surface area contributed by atoms with E-state index in [9.17, 15) is 4.79 Å². The summed E-state index contributed by atoms with van der Waals surface area (Å²) in [7, 11) is 1.92. The molecule has 0 bridgehead atoms. The van der Waals surface area contributed by atoms with Crippen molar-refractivity contribution in [1.29, 1.82) is 0 Å². The summed E-state index contributed by atoms with van der Waals surface area (Å²) in [4.78, 5) is 14.4. The second-order valence-corrected chi connectivity index (χ2v) is 5.35. The van der Waals surface area contributed by atoms with E-state index >= 15 is 0 Å². The minimum absolute atomic E-state index is 0.106. The van der Waals surface area contributed by atoms with Crippen molar-refractivity contribution in [2.24, 2.45) is 0 Å². The second-order valence-electron chi connectivity index (χ2n) is 5.35. The summed E-state index contributed by atoms with van der Waals surface area (Å²) in [6.45, 7) is 1.53. The Balaban J connectivity index is 1.65. The molecule has 1 saturated heterocycles. The molecule has 0 spiro atoms. The SMILES string of the molecule is CN(C(=O)C1Cc2ccccc2N1)C1CCOCC1. The number of fused-ring (bicyclic) bond motifs is 1. The fraction of sp³-hybridized carbons (Fsp3) is 0.533. The molecule has 4 nitrogen and oxygen atoms in total. The maximum Gasteiger partial charge on any atom is 0.245 e. The number of hydrogen-bond acceptors (Lipinski definition) is 3. The maximum atomic E-state index is 12.5. The van der Waals surface area contributed by atoms with Gasteiger partial charge < -0.3 is 15.0 Å². The van der Waals surface area contributed by atoms with Crippen LogP contribution in [0.15, 0.2) is 24.3 Å². The van der Waals surface area contributed by atoms with Crippen molar-refractivity contribution in [1.82, 2.24) is 4.90 Å². The average Bonchev–Trinajstić information content (AvgIpc) is 2.90. The van der Waals surface area contributed by atoms with Crippen LogP contribution in [0.2, 0.25) is 0 Å². The highest BCUT2D eigenvalue weighted by Gasteiger charge is 2.31. The van der Waals surface area contributed by atoms with Crippen molar-refractivity contribution in [3.63, 3.8) is 0 Å². The second kappa shape index (κ2) is 5.21. The maximum absolute atomic E-state index is 12.5. The molecule has 1 unspecified atom stereocenters. The molecule has 1 N–H and O–H groups in total. The third-order valence-corrected chi connectivity index (χ3v) is 4.16. The number of amides is 1. The van der Waals surface area contributed by atoms with E-state index < -0.39 is 0 Å². The fourth-order valence-corrected chi connectivity index (χ4v) is 2.95. The number of ether oxygens (including phenoxy) is 1. The largest absolute Gasteiger partial charge is 0.381 e. The molecule has 1 aromatic carbocycles. The van der Waals surface area contributed by atoms with Crippen LogP contribution in [0.25, 0.3) is 0 Å². The van der Waals surface area contributed by atoms with Gasteiger partial charge in [0.05, 0.1) is 0 Å². The van der Waals surface area contributed by atoms with Gasteiger partial charge in [0.15, 0.2) is 0 Å². The van der Waals surface area contributed by atoms with Crippen LogP contribution in [0.3, 0.4) is 0 Å². The molecule has 0 aromatic heterocycles. The van der Waals surface area contributed by atoms with Crippen LogP contribution >= 0.6 is 0 Å². The van der Waals surface area contributed by atoms with Crippen LogP contribution < -0.4 is 5.32 Å². The quantitative estimate of drug-likeness (QED) is 0.879. The third-order valence-electron chi connectivity index (χ3n) is 4.16. The van der Waals surface area contributed by atoms with Crippen LogP contribution in [0.5, 0.6) is 0 Å². The number of hydrogen-bond donors (Lipinski definition) is 1. The van der Waals surface area contributed by atoms with Crippen molar-refractivity contribution in [2.45, 2.75) is 31.3 Å². The molecule has 0 aliphatic carbocycles. The Hall–Kier alpha value is -1.55. The Morgan fingerprint density at radius 1 is 1.32 bits per heavy atom. The first-order valence-corrected chi connectivity index (χ1v) is 6.94. The van der Waals surface area contributed by atoms with E-state index in [1.165, 1.54) is 5.56 Å². The predicted octanol–water partition coefficient (Wildman–Crippen LogP) is 1.66. The van der Waals surface area contributed by atoms with Gasteiger partial charge in [0.25, 0.3) is 0 Å². The van der Waals surface area contributed by atoms with Crippen molar-refractivity contribution < 1.29 is 9.53 Å². The smallest absolute Gasteiger partial charge is 0.245 e. The summed E-state index contributed by atoms with van der Waals surface area (Å²) in [6.07, 6.45) is 2.69. The third kappa shape index (κ3) is 2.45. The minimum atomic E-state index is -0.106. The number of benzene rings is 1. The van der Waals surface area contributed by atoms with E-state index in [2.05, 4.69) is 11.4 Å². The summed E-state index contributed by atoms with van der Waals surface area (Å²) in [5, 5.41) is 3.33. The van der Waals surface area contributed by atoms with Crippen LogP contribution in [0, 0.1) is 0 Å². The van der Waals surface area contributed by atoms with Gasteiger partial charge in [-0.2, -0.15) is 0 Å². The predicted molar refractivity (Wildman–Crippen MR) is 74.2 cm³/mol. The van der Waals surface area contributed by atoms with Gasteiger partial charge in [-0.1, -0.05) is 18.2 Å². The standard InChI is InChI=1S/C15H20N2O2/c1-17(12-6-8-19-9-7-12)15(18)14-10-11-4-2-3-5-13(11)16-14/h2-5,12,14,16H,6-10H2,1H3. The Morgan fingerprint density at radius 2 is 2.05 bits per heavy atom. The van der Waals surface area contributed by atoms with Crippen LogP contribution in [-0.4, -0.2) is 43.2 Å². The molecule has 0 saturated carbocycles. The van der Waals surface area contributed by atoms with Gasteiger partial charge in [0, 0.05) is 38.4 Å². The fourth-order valence-electron chi connectivity index (χ4n) is 2.95. The van der Waals surface area contributed by atoms with E-state index in [0.29, 0.717) is 6.04 Å². The zero-order chi connectivity index (χ0) is 13.2. The highest BCUT2D eigenvalue weighted by atomic mass is 16.5. The van der Waals surface area contributed by atoms with E-state index in [4.69, 9.17) is 4.74 Å². The van der Waals surface area contributed by atoms with Crippen molar-refractivity contribution in [3.8, 4) is 0 Å². The molecule has 2 heterocycles. The molecule has 102 valence electrons. The molecular weight excluding hydrogens is 240 g/mol. The number of carbonyl (C=O) groups is 1. The lowest BCUT2D eigenvalue weighted by Crippen LogP contribution is -2.47. The molecule has 2 aliphatic rings. The van der Waals surface area contributed by atoms with E-state index in [0.717, 1.165) is 38.2 Å². The van der Waals surface area contributed by atoms with Gasteiger partial charge in [-0.3, -0.25) is 4.79 Å². The first kappa shape index (κ1) is 12.5. The normalized spacial score (nSPS) is 22.7. The number of para-hydroxylation sites is 1. The Kier molecular flexibility index (Phi) is 3.42. The first-order chi connectivity index (χ1) is 9.25. The minimum Gasteiger partial charge on any atom is -0.381 e. The zero-order valence-electron chi connectivity index (χ0n) is 11.3. The molecular formula is C15H20N2O2. The van der Waals surface area contributed by atoms with Crippen LogP contribution in [0.4, 0.5) is 5.69 Å². The summed E-state index contributed by atoms with van der Waals surface area (Å²) in [6, 6.07) is 8.37. The van der Waals surface area contributed by atoms with Gasteiger partial charge >= 0.3 is 0 Å². The monoisotopic (exact) mass is 260 g/mol. The molecule has 1 aromatic rings. The molecule has 2 aliphatic heterocycles. The van der Waals surface area contributed by atoms with Crippen molar-refractivity contribution in [3.05, 3.63) is 29.8 Å². The molecule has 1 fully saturated rings. The first-order valence-electron chi connectivity index (χ1n) is 6.94. The lowest BCUT2D eigenvalue weighted by Gasteiger charge is -2.32. The van der Waals surface area contributed by atoms with Gasteiger partial charge in [0.2, 0.25) is 5.91 Å². The number of likely N-dealkylation sites (N-methyl/N-ethyl adjacent to an activating group) is 1. The lowest BCUT2D eigenvalue weighted by atomic mass is 10.1. The topological polar surface area (TPSA) is 41.6 Å². The number of nitrogens with one attached hydrogen (secondary N) is 1. The van der Waals surface area contributed by atoms with Crippen molar-refractivity contribution in [2.75, 3.05) is 25.6 Å². The van der Waals surface area contributed by atoms with Crippen LogP contribution in [0.1, 0.15) is 18.4 Å². The van der Waals surface area contributed by atoms with Gasteiger partial charge in [-0.25, -0.2) is 0 Å². The molecule has 1 atom stereocenters. The molecule has 4 heteroatoms. The van der Waals surface area contributed by atoms with E-state index in [-0.39, 0.29) is 11.9 Å². The zero-order valence-corrected chi connectivity index (χ0v) is 11.3. The lowest BCUT2D eigenvalue weighted by molar-refractivity contribution is -0.134. The molecule has 1 amide bonds. The Morgan fingerprint density at radius 3 is 2.79 bits per heavy atom. The van der Waals surface area contributed by atoms with Crippen LogP contribution in [-0.2, 0) is 16.0 Å². The van der Waals surface area contributed by atoms with E-state index in [1.54, 1.807) is 0 Å². The summed E-state index contributed by atoms with van der Waals surface area (Å²) >= 11 is 0. The van der Waals surface area contributed by atoms with Gasteiger partial charge in [-0.05, 0) is 24.5 Å². The van der Waals surface area contributed by atoms with Gasteiger partial charge in [-0.15, -0.1) is 0 Å². The number of rotatable bonds is 2. The number of nitrogens with zero attached hydrogens (tertiary/aromatic N) is 1. The Bertz CT molecular complexity index is 444.